The lowest BCUT2D eigenvalue weighted by Crippen LogP contribution is -2.10. The molecule has 1 aromatic carbocycles. The molecule has 2 aromatic heterocycles. The number of hydrogen-bond acceptors (Lipinski definition) is 3. The van der Waals surface area contributed by atoms with E-state index < -0.39 is 6.10 Å². The van der Waals surface area contributed by atoms with Crippen LogP contribution in [0.5, 0.6) is 0 Å². The summed E-state index contributed by atoms with van der Waals surface area (Å²) in [6, 6.07) is 11.8. The van der Waals surface area contributed by atoms with Crippen LogP contribution >= 0.6 is 0 Å². The van der Waals surface area contributed by atoms with Crippen molar-refractivity contribution in [1.82, 2.24) is 14.8 Å². The molecule has 0 saturated heterocycles. The van der Waals surface area contributed by atoms with Gasteiger partial charge in [-0.1, -0.05) is 18.2 Å². The van der Waals surface area contributed by atoms with Crippen molar-refractivity contribution < 1.29 is 5.11 Å². The van der Waals surface area contributed by atoms with Crippen LogP contribution in [-0.4, -0.2) is 19.9 Å². The molecule has 0 fully saturated rings. The smallest absolute Gasteiger partial charge is 0.0997 e. The van der Waals surface area contributed by atoms with Gasteiger partial charge in [-0.15, -0.1) is 0 Å². The molecule has 4 heteroatoms. The second kappa shape index (κ2) is 5.43. The molecule has 3 aromatic rings. The quantitative estimate of drug-likeness (QED) is 0.790. The number of nitrogens with zero attached hydrogens (tertiary/aromatic N) is 3. The number of hydrogen-bond donors (Lipinski definition) is 1. The van der Waals surface area contributed by atoms with Crippen LogP contribution in [0.3, 0.4) is 0 Å². The summed E-state index contributed by atoms with van der Waals surface area (Å²) in [5.41, 5.74) is 2.92. The van der Waals surface area contributed by atoms with Crippen molar-refractivity contribution in [3.63, 3.8) is 0 Å². The van der Waals surface area contributed by atoms with Gasteiger partial charge in [0.1, 0.15) is 0 Å². The molecule has 20 heavy (non-hydrogen) atoms. The van der Waals surface area contributed by atoms with Crippen LogP contribution in [0.15, 0.2) is 48.8 Å². The van der Waals surface area contributed by atoms with Gasteiger partial charge in [-0.2, -0.15) is 5.10 Å². The van der Waals surface area contributed by atoms with E-state index in [0.29, 0.717) is 6.42 Å². The second-order valence-corrected chi connectivity index (χ2v) is 4.78. The van der Waals surface area contributed by atoms with Gasteiger partial charge in [0.05, 0.1) is 17.3 Å². The minimum absolute atomic E-state index is 0.553. The summed E-state index contributed by atoms with van der Waals surface area (Å²) in [6.45, 7) is 2.78. The first-order valence-corrected chi connectivity index (χ1v) is 6.82. The summed E-state index contributed by atoms with van der Waals surface area (Å²) >= 11 is 0. The topological polar surface area (TPSA) is 50.9 Å². The number of aliphatic hydroxyl groups excluding tert-OH is 1. The predicted molar refractivity (Wildman–Crippen MR) is 78.3 cm³/mol. The summed E-state index contributed by atoms with van der Waals surface area (Å²) in [7, 11) is 0. The molecule has 2 heterocycles. The number of benzene rings is 1. The number of pyridine rings is 1. The Hall–Kier alpha value is -2.20. The van der Waals surface area contributed by atoms with Crippen molar-refractivity contribution in [3.8, 4) is 0 Å². The first-order chi connectivity index (χ1) is 9.79. The first kappa shape index (κ1) is 12.8. The number of rotatable bonds is 4. The van der Waals surface area contributed by atoms with Crippen molar-refractivity contribution in [3.05, 3.63) is 60.0 Å². The number of para-hydroxylation sites is 1. The van der Waals surface area contributed by atoms with Crippen LogP contribution in [-0.2, 0) is 13.0 Å². The highest BCUT2D eigenvalue weighted by Crippen LogP contribution is 2.23. The lowest BCUT2D eigenvalue weighted by molar-refractivity contribution is 0.167. The molecule has 0 aliphatic rings. The molecule has 1 N–H and O–H groups in total. The molecule has 0 spiro atoms. The largest absolute Gasteiger partial charge is 0.386 e. The Bertz CT molecular complexity index is 715. The summed E-state index contributed by atoms with van der Waals surface area (Å²) in [5.74, 6) is 0. The van der Waals surface area contributed by atoms with Gasteiger partial charge in [-0.3, -0.25) is 9.67 Å². The third kappa shape index (κ3) is 2.30. The Morgan fingerprint density at radius 2 is 2.00 bits per heavy atom. The monoisotopic (exact) mass is 267 g/mol. The van der Waals surface area contributed by atoms with Crippen molar-refractivity contribution in [2.45, 2.75) is 26.0 Å². The van der Waals surface area contributed by atoms with Gasteiger partial charge in [-0.05, 0) is 30.7 Å². The average molecular weight is 267 g/mol. The van der Waals surface area contributed by atoms with Crippen molar-refractivity contribution in [1.29, 1.82) is 0 Å². The van der Waals surface area contributed by atoms with Gasteiger partial charge in [0.15, 0.2) is 0 Å². The molecule has 102 valence electrons. The molecule has 0 amide bonds. The third-order valence-corrected chi connectivity index (χ3v) is 3.54. The fourth-order valence-electron chi connectivity index (χ4n) is 2.54. The highest BCUT2D eigenvalue weighted by Gasteiger charge is 2.14. The number of aryl methyl sites for hydroxylation is 1. The molecule has 1 unspecified atom stereocenters. The van der Waals surface area contributed by atoms with Crippen LogP contribution in [0.25, 0.3) is 10.9 Å². The zero-order chi connectivity index (χ0) is 13.9. The fraction of sp³-hybridized carbons (Fsp3) is 0.250. The van der Waals surface area contributed by atoms with Gasteiger partial charge in [0, 0.05) is 30.7 Å². The van der Waals surface area contributed by atoms with Crippen LogP contribution in [0.4, 0.5) is 0 Å². The first-order valence-electron chi connectivity index (χ1n) is 6.82. The van der Waals surface area contributed by atoms with E-state index in [1.807, 2.05) is 48.0 Å². The zero-order valence-electron chi connectivity index (χ0n) is 11.4. The van der Waals surface area contributed by atoms with Crippen molar-refractivity contribution in [2.24, 2.45) is 0 Å². The summed E-state index contributed by atoms with van der Waals surface area (Å²) < 4.78 is 1.83. The molecule has 0 aliphatic heterocycles. The van der Waals surface area contributed by atoms with Crippen LogP contribution in [0.1, 0.15) is 24.3 Å². The van der Waals surface area contributed by atoms with Crippen LogP contribution in [0, 0.1) is 0 Å². The molecular weight excluding hydrogens is 250 g/mol. The lowest BCUT2D eigenvalue weighted by Gasteiger charge is -2.13. The normalized spacial score (nSPS) is 12.7. The van der Waals surface area contributed by atoms with E-state index in [1.165, 1.54) is 0 Å². The maximum absolute atomic E-state index is 10.5. The van der Waals surface area contributed by atoms with E-state index in [9.17, 15) is 5.11 Å². The Labute approximate surface area is 117 Å². The maximum atomic E-state index is 10.5. The maximum Gasteiger partial charge on any atom is 0.0997 e. The third-order valence-electron chi connectivity index (χ3n) is 3.54. The van der Waals surface area contributed by atoms with Crippen LogP contribution < -0.4 is 0 Å². The predicted octanol–water partition coefficient (Wildman–Crippen LogP) is 2.73. The molecule has 0 aliphatic carbocycles. The van der Waals surface area contributed by atoms with E-state index in [1.54, 1.807) is 12.4 Å². The Kier molecular flexibility index (Phi) is 3.48. The lowest BCUT2D eigenvalue weighted by atomic mass is 10.0. The molecule has 4 nitrogen and oxygen atoms in total. The van der Waals surface area contributed by atoms with Crippen molar-refractivity contribution >= 4 is 10.9 Å². The van der Waals surface area contributed by atoms with E-state index in [2.05, 4.69) is 10.1 Å². The van der Waals surface area contributed by atoms with E-state index in [-0.39, 0.29) is 0 Å². The summed E-state index contributed by atoms with van der Waals surface area (Å²) in [4.78, 5) is 4.35. The van der Waals surface area contributed by atoms with E-state index in [4.69, 9.17) is 0 Å². The number of aromatic nitrogens is 3. The minimum atomic E-state index is -0.553. The van der Waals surface area contributed by atoms with Crippen LogP contribution in [0.2, 0.25) is 0 Å². The molecule has 1 atom stereocenters. The van der Waals surface area contributed by atoms with Gasteiger partial charge in [0.2, 0.25) is 0 Å². The Morgan fingerprint density at radius 1 is 1.15 bits per heavy atom. The molecule has 0 saturated carbocycles. The van der Waals surface area contributed by atoms with Gasteiger partial charge in [0.25, 0.3) is 0 Å². The second-order valence-electron chi connectivity index (χ2n) is 4.78. The molecule has 0 radical (unpaired) electrons. The highest BCUT2D eigenvalue weighted by atomic mass is 16.3. The van der Waals surface area contributed by atoms with Gasteiger partial charge in [-0.25, -0.2) is 0 Å². The zero-order valence-corrected chi connectivity index (χ0v) is 11.4. The number of fused-ring (bicyclic) bond motifs is 1. The Balaban J connectivity index is 1.93. The SMILES string of the molecule is CCn1nccc1C(O)Cc1ccnc2ccccc12. The Morgan fingerprint density at radius 3 is 2.85 bits per heavy atom. The summed E-state index contributed by atoms with van der Waals surface area (Å²) in [6.07, 6.45) is 3.53. The molecule has 0 bridgehead atoms. The highest BCUT2D eigenvalue weighted by molar-refractivity contribution is 5.81. The molecular formula is C16H17N3O. The van der Waals surface area contributed by atoms with Gasteiger partial charge < -0.3 is 5.11 Å². The summed E-state index contributed by atoms with van der Waals surface area (Å²) in [5, 5.41) is 15.8. The van der Waals surface area contributed by atoms with Gasteiger partial charge >= 0.3 is 0 Å². The minimum Gasteiger partial charge on any atom is -0.386 e. The van der Waals surface area contributed by atoms with E-state index >= 15 is 0 Å². The number of aliphatic hydroxyl groups is 1. The average Bonchev–Trinajstić information content (AvgIpc) is 2.96. The molecule has 3 rings (SSSR count). The standard InChI is InChI=1S/C16H17N3O/c1-2-19-15(8-10-18-19)16(20)11-12-7-9-17-14-6-4-3-5-13(12)14/h3-10,16,20H,2,11H2,1H3. The van der Waals surface area contributed by atoms with Crippen molar-refractivity contribution in [2.75, 3.05) is 0 Å². The fourth-order valence-corrected chi connectivity index (χ4v) is 2.54. The van der Waals surface area contributed by atoms with E-state index in [0.717, 1.165) is 28.7 Å².